The normalized spacial score (nSPS) is 14.0. The number of nitrogens with zero attached hydrogens (tertiary/aromatic N) is 4. The van der Waals surface area contributed by atoms with E-state index < -0.39 is 11.7 Å². The zero-order valence-corrected chi connectivity index (χ0v) is 17.8. The first kappa shape index (κ1) is 21.1. The molecule has 3 aromatic rings. The van der Waals surface area contributed by atoms with Crippen molar-refractivity contribution in [1.29, 1.82) is 0 Å². The molecule has 0 saturated heterocycles. The smallest absolute Gasteiger partial charge is 0.253 e. The fraction of sp³-hybridized carbons (Fsp3) is 0.120. The van der Waals surface area contributed by atoms with Crippen LogP contribution >= 0.6 is 0 Å². The maximum atomic E-state index is 14.4. The van der Waals surface area contributed by atoms with Crippen LogP contribution in [-0.2, 0) is 6.42 Å². The Morgan fingerprint density at radius 2 is 2.06 bits per heavy atom. The lowest BCUT2D eigenvalue weighted by Crippen LogP contribution is -2.24. The quantitative estimate of drug-likeness (QED) is 0.654. The molecule has 0 spiro atoms. The fourth-order valence-corrected chi connectivity index (χ4v) is 3.48. The Labute approximate surface area is 185 Å². The number of rotatable bonds is 5. The molecule has 6 nitrogen and oxygen atoms in total. The number of hydrazone groups is 1. The molecular weight excluding hydrogens is 405 g/mol. The first-order valence-electron chi connectivity index (χ1n) is 10.1. The molecule has 7 heteroatoms. The fourth-order valence-electron chi connectivity index (χ4n) is 3.48. The van der Waals surface area contributed by atoms with Crippen LogP contribution in [0.2, 0.25) is 0 Å². The third-order valence-electron chi connectivity index (χ3n) is 5.18. The van der Waals surface area contributed by atoms with Crippen molar-refractivity contribution in [2.24, 2.45) is 10.1 Å². The highest BCUT2D eigenvalue weighted by atomic mass is 19.1. The van der Waals surface area contributed by atoms with E-state index in [2.05, 4.69) is 33.0 Å². The monoisotopic (exact) mass is 427 g/mol. The van der Waals surface area contributed by atoms with E-state index in [0.717, 1.165) is 22.2 Å². The molecule has 0 radical (unpaired) electrons. The molecule has 1 aliphatic heterocycles. The molecule has 1 aromatic heterocycles. The number of allylic oxidation sites excluding steroid dienone is 2. The molecule has 0 aliphatic carbocycles. The van der Waals surface area contributed by atoms with E-state index in [1.807, 2.05) is 37.3 Å². The summed E-state index contributed by atoms with van der Waals surface area (Å²) in [5, 5.41) is 9.80. The second kappa shape index (κ2) is 8.93. The van der Waals surface area contributed by atoms with Crippen molar-refractivity contribution in [3.63, 3.8) is 0 Å². The minimum Gasteiger partial charge on any atom is -0.355 e. The van der Waals surface area contributed by atoms with Gasteiger partial charge < -0.3 is 5.32 Å². The van der Waals surface area contributed by atoms with Gasteiger partial charge in [-0.1, -0.05) is 30.9 Å². The van der Waals surface area contributed by atoms with Crippen LogP contribution < -0.4 is 5.32 Å². The summed E-state index contributed by atoms with van der Waals surface area (Å²) in [6, 6.07) is 14.4. The van der Waals surface area contributed by atoms with Crippen molar-refractivity contribution in [3.8, 4) is 0 Å². The van der Waals surface area contributed by atoms with Gasteiger partial charge in [-0.3, -0.25) is 9.78 Å². The van der Waals surface area contributed by atoms with Crippen LogP contribution in [0, 0.1) is 5.82 Å². The highest BCUT2D eigenvalue weighted by Crippen LogP contribution is 2.24. The molecule has 32 heavy (non-hydrogen) atoms. The summed E-state index contributed by atoms with van der Waals surface area (Å²) in [6.07, 6.45) is 5.88. The van der Waals surface area contributed by atoms with Crippen molar-refractivity contribution in [3.05, 3.63) is 101 Å². The number of pyridine rings is 1. The molecule has 0 atom stereocenters. The van der Waals surface area contributed by atoms with Gasteiger partial charge in [-0.2, -0.15) is 5.10 Å². The largest absolute Gasteiger partial charge is 0.355 e. The van der Waals surface area contributed by atoms with Gasteiger partial charge in [0, 0.05) is 36.3 Å². The van der Waals surface area contributed by atoms with Crippen LogP contribution in [0.5, 0.6) is 0 Å². The van der Waals surface area contributed by atoms with E-state index in [4.69, 9.17) is 0 Å². The Balaban J connectivity index is 1.62. The zero-order valence-electron chi connectivity index (χ0n) is 17.8. The Morgan fingerprint density at radius 3 is 2.81 bits per heavy atom. The second-order valence-corrected chi connectivity index (χ2v) is 7.23. The minimum absolute atomic E-state index is 0.0224. The maximum Gasteiger partial charge on any atom is 0.253 e. The number of carbonyl (C=O) groups is 1. The Morgan fingerprint density at radius 1 is 1.22 bits per heavy atom. The van der Waals surface area contributed by atoms with Crippen LogP contribution in [0.4, 0.5) is 4.39 Å². The van der Waals surface area contributed by atoms with E-state index >= 15 is 0 Å². The average Bonchev–Trinajstić information content (AvgIpc) is 2.82. The Hall–Kier alpha value is -4.13. The van der Waals surface area contributed by atoms with Gasteiger partial charge in [0.2, 0.25) is 0 Å². The highest BCUT2D eigenvalue weighted by molar-refractivity contribution is 6.38. The molecule has 2 aromatic carbocycles. The van der Waals surface area contributed by atoms with Crippen molar-refractivity contribution >= 4 is 28.7 Å². The predicted octanol–water partition coefficient (Wildman–Crippen LogP) is 4.44. The number of halogens is 1. The van der Waals surface area contributed by atoms with Gasteiger partial charge in [0.1, 0.15) is 17.3 Å². The molecule has 0 saturated carbocycles. The predicted molar refractivity (Wildman–Crippen MR) is 125 cm³/mol. The molecule has 160 valence electrons. The number of fused-ring (bicyclic) bond motifs is 1. The van der Waals surface area contributed by atoms with Gasteiger partial charge in [-0.05, 0) is 42.8 Å². The van der Waals surface area contributed by atoms with E-state index in [1.165, 1.54) is 19.2 Å². The SMILES string of the molecule is C=C1N=CC(c2ccc(C(=O)NC)c(F)c2)=NN1/C(=C\C)Cc1ccc2ncccc2c1. The lowest BCUT2D eigenvalue weighted by molar-refractivity contribution is 0.0959. The number of hydrogen-bond acceptors (Lipinski definition) is 5. The van der Waals surface area contributed by atoms with Crippen LogP contribution in [0.3, 0.4) is 0 Å². The number of nitrogens with one attached hydrogen (secondary N) is 1. The molecule has 0 bridgehead atoms. The summed E-state index contributed by atoms with van der Waals surface area (Å²) in [5.74, 6) is -0.637. The molecule has 1 aliphatic rings. The van der Waals surface area contributed by atoms with E-state index in [0.29, 0.717) is 23.5 Å². The van der Waals surface area contributed by atoms with Crippen LogP contribution in [0.1, 0.15) is 28.4 Å². The number of aliphatic imine (C=N–C) groups is 1. The average molecular weight is 427 g/mol. The Kier molecular flexibility index (Phi) is 5.89. The van der Waals surface area contributed by atoms with Crippen molar-refractivity contribution in [1.82, 2.24) is 15.3 Å². The van der Waals surface area contributed by atoms with E-state index in [-0.39, 0.29) is 5.56 Å². The molecule has 1 N–H and O–H groups in total. The molecule has 1 amide bonds. The maximum absolute atomic E-state index is 14.4. The molecule has 4 rings (SSSR count). The van der Waals surface area contributed by atoms with E-state index in [1.54, 1.807) is 23.5 Å². The lowest BCUT2D eigenvalue weighted by atomic mass is 10.1. The van der Waals surface area contributed by atoms with Gasteiger partial charge in [-0.15, -0.1) is 0 Å². The van der Waals surface area contributed by atoms with E-state index in [9.17, 15) is 9.18 Å². The molecular formula is C25H22FN5O. The first-order valence-corrected chi connectivity index (χ1v) is 10.1. The van der Waals surface area contributed by atoms with Crippen LogP contribution in [0.15, 0.2) is 89.0 Å². The van der Waals surface area contributed by atoms with Gasteiger partial charge >= 0.3 is 0 Å². The van der Waals surface area contributed by atoms with Gasteiger partial charge in [0.25, 0.3) is 5.91 Å². The number of aromatic nitrogens is 1. The van der Waals surface area contributed by atoms with Crippen LogP contribution in [-0.4, -0.2) is 34.9 Å². The molecule has 0 unspecified atom stereocenters. The third-order valence-corrected chi connectivity index (χ3v) is 5.18. The van der Waals surface area contributed by atoms with Crippen LogP contribution in [0.25, 0.3) is 10.9 Å². The summed E-state index contributed by atoms with van der Waals surface area (Å²) in [6.45, 7) is 5.92. The summed E-state index contributed by atoms with van der Waals surface area (Å²) < 4.78 is 14.4. The number of carbonyl (C=O) groups excluding carboxylic acids is 1. The van der Waals surface area contributed by atoms with Crippen molar-refractivity contribution in [2.45, 2.75) is 13.3 Å². The summed E-state index contributed by atoms with van der Waals surface area (Å²) >= 11 is 0. The number of hydrogen-bond donors (Lipinski definition) is 1. The third kappa shape index (κ3) is 4.18. The summed E-state index contributed by atoms with van der Waals surface area (Å²) in [4.78, 5) is 20.5. The topological polar surface area (TPSA) is 70.0 Å². The highest BCUT2D eigenvalue weighted by Gasteiger charge is 2.19. The number of amides is 1. The van der Waals surface area contributed by atoms with Gasteiger partial charge in [-0.25, -0.2) is 14.4 Å². The zero-order chi connectivity index (χ0) is 22.7. The summed E-state index contributed by atoms with van der Waals surface area (Å²) in [7, 11) is 1.46. The summed E-state index contributed by atoms with van der Waals surface area (Å²) in [5.41, 5.74) is 3.89. The Bertz CT molecular complexity index is 1310. The van der Waals surface area contributed by atoms with Crippen molar-refractivity contribution in [2.75, 3.05) is 7.05 Å². The second-order valence-electron chi connectivity index (χ2n) is 7.23. The van der Waals surface area contributed by atoms with Crippen molar-refractivity contribution < 1.29 is 9.18 Å². The van der Waals surface area contributed by atoms with Gasteiger partial charge in [0.05, 0.1) is 17.3 Å². The first-order chi connectivity index (χ1) is 15.5. The van der Waals surface area contributed by atoms with Gasteiger partial charge in [0.15, 0.2) is 0 Å². The molecule has 0 fully saturated rings. The minimum atomic E-state index is -0.620. The number of benzene rings is 2. The lowest BCUT2D eigenvalue weighted by Gasteiger charge is -2.25. The standard InChI is InChI=1S/C25H22FN5O/c1-4-20(13-17-7-10-23-18(12-17)6-5-11-28-23)31-16(2)29-15-24(30-31)19-8-9-21(22(26)14-19)25(32)27-3/h4-12,14-15H,2,13H2,1,3H3,(H,27,32)/b20-4-. The molecule has 2 heterocycles.